The number of thiophene rings is 2. The van der Waals surface area contributed by atoms with E-state index in [0.717, 1.165) is 51.4 Å². The van der Waals surface area contributed by atoms with E-state index >= 15 is 0 Å². The Hall–Kier alpha value is -3.18. The van der Waals surface area contributed by atoms with E-state index < -0.39 is 23.8 Å². The molecule has 0 fully saturated rings. The summed E-state index contributed by atoms with van der Waals surface area (Å²) in [4.78, 5) is 30.1. The Morgan fingerprint density at radius 1 is 0.889 bits per heavy atom. The zero-order valence-electron chi connectivity index (χ0n) is 26.6. The van der Waals surface area contributed by atoms with Gasteiger partial charge in [0.15, 0.2) is 0 Å². The van der Waals surface area contributed by atoms with Gasteiger partial charge in [0, 0.05) is 37.6 Å². The molecule has 0 radical (unpaired) electrons. The number of benzene rings is 2. The highest BCUT2D eigenvalue weighted by molar-refractivity contribution is 7.40. The Balaban J connectivity index is 1.55. The van der Waals surface area contributed by atoms with E-state index in [0.29, 0.717) is 35.0 Å². The molecule has 4 aromatic rings. The average molecular weight is 656 g/mol. The van der Waals surface area contributed by atoms with Gasteiger partial charge in [0.05, 0.1) is 25.9 Å². The van der Waals surface area contributed by atoms with Crippen molar-refractivity contribution >= 4 is 43.9 Å². The Morgan fingerprint density at radius 3 is 2.13 bits per heavy atom. The Labute approximate surface area is 272 Å². The second-order valence-electron chi connectivity index (χ2n) is 11.5. The molecule has 2 atom stereocenters. The molecular formula is C35H43F2N3O3S2. The number of aryl methyl sites for hydroxylation is 3. The summed E-state index contributed by atoms with van der Waals surface area (Å²) in [6.45, 7) is 12.1. The molecule has 0 aliphatic rings. The number of hydrogen-bond donors (Lipinski definition) is 3. The van der Waals surface area contributed by atoms with Crippen molar-refractivity contribution in [3.05, 3.63) is 91.7 Å². The predicted octanol–water partition coefficient (Wildman–Crippen LogP) is 7.17. The van der Waals surface area contributed by atoms with Crippen molar-refractivity contribution in [2.45, 2.75) is 79.0 Å². The number of nitrogens with zero attached hydrogens (tertiary/aromatic N) is 1. The zero-order chi connectivity index (χ0) is 32.7. The van der Waals surface area contributed by atoms with Crippen molar-refractivity contribution < 1.29 is 23.5 Å². The van der Waals surface area contributed by atoms with E-state index in [-0.39, 0.29) is 24.8 Å². The minimum Gasteiger partial charge on any atom is -0.390 e. The fraction of sp³-hybridized carbons (Fsp3) is 0.429. The lowest BCUT2D eigenvalue weighted by atomic mass is 10.00. The summed E-state index contributed by atoms with van der Waals surface area (Å²) in [5.74, 6) is -1.78. The maximum absolute atomic E-state index is 14.0. The van der Waals surface area contributed by atoms with Gasteiger partial charge >= 0.3 is 0 Å². The van der Waals surface area contributed by atoms with Crippen LogP contribution in [0.2, 0.25) is 0 Å². The van der Waals surface area contributed by atoms with Gasteiger partial charge in [0.2, 0.25) is 0 Å². The molecule has 4 rings (SSSR count). The first-order chi connectivity index (χ1) is 21.6. The van der Waals surface area contributed by atoms with Crippen LogP contribution in [0.15, 0.2) is 42.5 Å². The van der Waals surface area contributed by atoms with Gasteiger partial charge < -0.3 is 20.6 Å². The Bertz CT molecular complexity index is 1610. The van der Waals surface area contributed by atoms with Crippen LogP contribution in [-0.2, 0) is 19.4 Å². The molecule has 242 valence electrons. The molecule has 0 saturated carbocycles. The number of halogens is 2. The SMILES string of the molecule is CCCN(CCC)C(=O)c1sc2sc(C(=O)N[C@H](Cc3cc(F)cc(F)c3)[C@@H](O)CNCc3cccc(CC)c3)c(C)c2c1C. The van der Waals surface area contributed by atoms with Crippen LogP contribution >= 0.6 is 22.7 Å². The van der Waals surface area contributed by atoms with Crippen LogP contribution in [0.3, 0.4) is 0 Å². The number of aliphatic hydroxyl groups is 1. The molecule has 0 aliphatic heterocycles. The summed E-state index contributed by atoms with van der Waals surface area (Å²) >= 11 is 2.74. The summed E-state index contributed by atoms with van der Waals surface area (Å²) in [6.07, 6.45) is 1.68. The highest BCUT2D eigenvalue weighted by Crippen LogP contribution is 2.41. The number of carbonyl (C=O) groups excluding carboxylic acids is 2. The van der Waals surface area contributed by atoms with Crippen LogP contribution < -0.4 is 10.6 Å². The molecule has 10 heteroatoms. The third kappa shape index (κ3) is 8.55. The Morgan fingerprint density at radius 2 is 1.51 bits per heavy atom. The summed E-state index contributed by atoms with van der Waals surface area (Å²) < 4.78 is 29.0. The molecule has 0 spiro atoms. The fourth-order valence-corrected chi connectivity index (χ4v) is 8.39. The quantitative estimate of drug-likeness (QED) is 0.127. The molecule has 6 nitrogen and oxygen atoms in total. The largest absolute Gasteiger partial charge is 0.390 e. The van der Waals surface area contributed by atoms with Crippen LogP contribution in [0.4, 0.5) is 8.78 Å². The first-order valence-electron chi connectivity index (χ1n) is 15.6. The number of fused-ring (bicyclic) bond motifs is 1. The number of rotatable bonds is 15. The maximum Gasteiger partial charge on any atom is 0.264 e. The summed E-state index contributed by atoms with van der Waals surface area (Å²) in [6, 6.07) is 10.6. The van der Waals surface area contributed by atoms with Gasteiger partial charge in [-0.25, -0.2) is 8.78 Å². The van der Waals surface area contributed by atoms with Crippen molar-refractivity contribution in [1.82, 2.24) is 15.5 Å². The van der Waals surface area contributed by atoms with Crippen molar-refractivity contribution in [3.8, 4) is 0 Å². The number of amides is 2. The van der Waals surface area contributed by atoms with Crippen LogP contribution in [0.1, 0.15) is 80.8 Å². The van der Waals surface area contributed by atoms with E-state index in [1.807, 2.05) is 30.9 Å². The van der Waals surface area contributed by atoms with Crippen LogP contribution in [0.5, 0.6) is 0 Å². The molecule has 2 heterocycles. The molecule has 0 aliphatic carbocycles. The first kappa shape index (κ1) is 34.7. The Kier molecular flexibility index (Phi) is 12.2. The first-order valence-corrected chi connectivity index (χ1v) is 17.2. The summed E-state index contributed by atoms with van der Waals surface area (Å²) in [7, 11) is 0. The molecule has 0 unspecified atom stereocenters. The van der Waals surface area contributed by atoms with Gasteiger partial charge in [-0.3, -0.25) is 9.59 Å². The van der Waals surface area contributed by atoms with Gasteiger partial charge in [-0.15, -0.1) is 22.7 Å². The average Bonchev–Trinajstić information content (AvgIpc) is 3.51. The van der Waals surface area contributed by atoms with E-state index in [1.165, 1.54) is 40.4 Å². The number of nitrogens with one attached hydrogen (secondary N) is 2. The van der Waals surface area contributed by atoms with Crippen LogP contribution in [0.25, 0.3) is 9.40 Å². The van der Waals surface area contributed by atoms with Gasteiger partial charge in [-0.2, -0.15) is 0 Å². The van der Waals surface area contributed by atoms with Gasteiger partial charge in [0.25, 0.3) is 11.8 Å². The van der Waals surface area contributed by atoms with Crippen molar-refractivity contribution in [2.75, 3.05) is 19.6 Å². The molecule has 0 saturated heterocycles. The van der Waals surface area contributed by atoms with E-state index in [4.69, 9.17) is 0 Å². The van der Waals surface area contributed by atoms with Crippen LogP contribution in [-0.4, -0.2) is 53.6 Å². The molecule has 2 aromatic carbocycles. The summed E-state index contributed by atoms with van der Waals surface area (Å²) in [5, 5.41) is 18.3. The number of aliphatic hydroxyl groups excluding tert-OH is 1. The molecule has 0 bridgehead atoms. The second kappa shape index (κ2) is 15.9. The maximum atomic E-state index is 14.0. The van der Waals surface area contributed by atoms with Crippen molar-refractivity contribution in [2.24, 2.45) is 0 Å². The van der Waals surface area contributed by atoms with E-state index in [9.17, 15) is 23.5 Å². The number of hydrogen-bond acceptors (Lipinski definition) is 6. The molecule has 2 aromatic heterocycles. The standard InChI is InChI=1S/C35H43F2N3O3S2/c1-6-12-40(13-7-2)34(43)32-22(5)30-21(4)31(44-35(30)45-32)33(42)39-28(17-25-15-26(36)18-27(37)16-25)29(41)20-38-19-24-11-9-10-23(8-3)14-24/h9-11,14-16,18,28-29,38,41H,6-8,12-13,17,19-20H2,1-5H3,(H,39,42)/t28-,29+/m1/s1. The summed E-state index contributed by atoms with van der Waals surface area (Å²) in [5.41, 5.74) is 4.26. The minimum atomic E-state index is -1.04. The predicted molar refractivity (Wildman–Crippen MR) is 181 cm³/mol. The van der Waals surface area contributed by atoms with E-state index in [1.54, 1.807) is 0 Å². The van der Waals surface area contributed by atoms with E-state index in [2.05, 4.69) is 43.5 Å². The molecular weight excluding hydrogens is 613 g/mol. The molecule has 3 N–H and O–H groups in total. The second-order valence-corrected chi connectivity index (χ2v) is 13.8. The third-order valence-corrected chi connectivity index (χ3v) is 10.6. The highest BCUT2D eigenvalue weighted by atomic mass is 32.2. The van der Waals surface area contributed by atoms with Gasteiger partial charge in [0.1, 0.15) is 11.6 Å². The lowest BCUT2D eigenvalue weighted by molar-refractivity contribution is 0.0759. The normalized spacial score (nSPS) is 12.8. The highest BCUT2D eigenvalue weighted by Gasteiger charge is 2.28. The smallest absolute Gasteiger partial charge is 0.264 e. The van der Waals surface area contributed by atoms with Crippen molar-refractivity contribution in [1.29, 1.82) is 0 Å². The third-order valence-electron chi connectivity index (χ3n) is 7.94. The molecule has 2 amide bonds. The fourth-order valence-electron chi connectivity index (χ4n) is 5.66. The monoisotopic (exact) mass is 655 g/mol. The zero-order valence-corrected chi connectivity index (χ0v) is 28.3. The minimum absolute atomic E-state index is 0.0226. The lowest BCUT2D eigenvalue weighted by Crippen LogP contribution is -2.48. The number of carbonyl (C=O) groups is 2. The van der Waals surface area contributed by atoms with Crippen LogP contribution in [0, 0.1) is 25.5 Å². The topological polar surface area (TPSA) is 81.7 Å². The van der Waals surface area contributed by atoms with Crippen molar-refractivity contribution in [3.63, 3.8) is 0 Å². The lowest BCUT2D eigenvalue weighted by Gasteiger charge is -2.25. The van der Waals surface area contributed by atoms with Gasteiger partial charge in [-0.1, -0.05) is 45.0 Å². The molecule has 45 heavy (non-hydrogen) atoms. The van der Waals surface area contributed by atoms with Gasteiger partial charge in [-0.05, 0) is 79.5 Å².